The van der Waals surface area contributed by atoms with Gasteiger partial charge in [0.05, 0.1) is 17.7 Å². The van der Waals surface area contributed by atoms with Gasteiger partial charge in [-0.05, 0) is 17.7 Å². The van der Waals surface area contributed by atoms with Gasteiger partial charge in [-0.3, -0.25) is 0 Å². The summed E-state index contributed by atoms with van der Waals surface area (Å²) in [5.74, 6) is 0. The summed E-state index contributed by atoms with van der Waals surface area (Å²) in [6.07, 6.45) is -17.0. The van der Waals surface area contributed by atoms with Crippen LogP contribution in [-0.2, 0) is 0 Å². The highest BCUT2D eigenvalue weighted by Gasteiger charge is 2.72. The molecule has 0 saturated carbocycles. The van der Waals surface area contributed by atoms with Crippen molar-refractivity contribution in [3.8, 4) is 6.07 Å². The molecule has 1 N–H and O–H groups in total. The topological polar surface area (TPSA) is 44.0 Å². The van der Waals surface area contributed by atoms with Gasteiger partial charge in [-0.25, -0.2) is 4.39 Å². The van der Waals surface area contributed by atoms with Crippen molar-refractivity contribution in [2.45, 2.75) is 30.5 Å². The summed E-state index contributed by atoms with van der Waals surface area (Å²) in [6.45, 7) is 0. The van der Waals surface area contributed by atoms with Crippen LogP contribution in [0.1, 0.15) is 23.7 Å². The van der Waals surface area contributed by atoms with E-state index in [9.17, 15) is 35.8 Å². The van der Waals surface area contributed by atoms with E-state index in [0.29, 0.717) is 0 Å². The summed E-state index contributed by atoms with van der Waals surface area (Å²) in [4.78, 5) is 0. The molecule has 0 aromatic heterocycles. The van der Waals surface area contributed by atoms with Gasteiger partial charge >= 0.3 is 18.0 Å². The molecule has 0 aliphatic heterocycles. The van der Waals surface area contributed by atoms with Crippen molar-refractivity contribution in [1.82, 2.24) is 0 Å². The summed E-state index contributed by atoms with van der Waals surface area (Å²) < 4.78 is 87.5. The molecule has 0 aliphatic carbocycles. The normalized spacial score (nSPS) is 14.6. The number of alkyl halides is 7. The van der Waals surface area contributed by atoms with E-state index in [4.69, 9.17) is 5.26 Å². The second-order valence-electron chi connectivity index (χ2n) is 4.25. The van der Waals surface area contributed by atoms with E-state index in [2.05, 4.69) is 0 Å². The molecular formula is C12H8F7NO. The van der Waals surface area contributed by atoms with Crippen molar-refractivity contribution in [2.75, 3.05) is 0 Å². The first-order chi connectivity index (χ1) is 9.42. The largest absolute Gasteiger partial charge is 0.431 e. The Labute approximate surface area is 114 Å². The monoisotopic (exact) mass is 315 g/mol. The Bertz CT molecular complexity index is 513. The van der Waals surface area contributed by atoms with Crippen molar-refractivity contribution in [3.63, 3.8) is 0 Å². The van der Waals surface area contributed by atoms with Crippen molar-refractivity contribution in [2.24, 2.45) is 0 Å². The number of aliphatic hydroxyl groups excluding tert-OH is 1. The summed E-state index contributed by atoms with van der Waals surface area (Å²) in [5.41, 5.74) is -5.79. The van der Waals surface area contributed by atoms with Crippen LogP contribution in [-0.4, -0.2) is 23.1 Å². The van der Waals surface area contributed by atoms with Crippen LogP contribution >= 0.6 is 0 Å². The minimum absolute atomic E-state index is 0.0871. The van der Waals surface area contributed by atoms with Crippen molar-refractivity contribution in [1.29, 1.82) is 5.26 Å². The molecule has 0 aliphatic rings. The molecule has 21 heavy (non-hydrogen) atoms. The van der Waals surface area contributed by atoms with E-state index in [1.54, 1.807) is 6.07 Å². The van der Waals surface area contributed by atoms with Crippen LogP contribution < -0.4 is 0 Å². The highest BCUT2D eigenvalue weighted by molar-refractivity contribution is 5.32. The average Bonchev–Trinajstić information content (AvgIpc) is 2.36. The van der Waals surface area contributed by atoms with E-state index < -0.39 is 30.5 Å². The predicted octanol–water partition coefficient (Wildman–Crippen LogP) is 3.81. The van der Waals surface area contributed by atoms with Gasteiger partial charge < -0.3 is 5.11 Å². The number of aliphatic hydroxyl groups is 1. The molecular weight excluding hydrogens is 307 g/mol. The third-order valence-corrected chi connectivity index (χ3v) is 2.80. The molecule has 0 heterocycles. The fourth-order valence-corrected chi connectivity index (χ4v) is 1.56. The zero-order valence-corrected chi connectivity index (χ0v) is 10.1. The van der Waals surface area contributed by atoms with E-state index in [1.807, 2.05) is 0 Å². The zero-order valence-electron chi connectivity index (χ0n) is 10.1. The molecule has 0 radical (unpaired) electrons. The maximum Gasteiger partial charge on any atom is 0.431 e. The van der Waals surface area contributed by atoms with Gasteiger partial charge in [-0.2, -0.15) is 31.6 Å². The Morgan fingerprint density at radius 1 is 0.952 bits per heavy atom. The molecule has 1 aromatic carbocycles. The first-order valence-electron chi connectivity index (χ1n) is 5.43. The summed E-state index contributed by atoms with van der Waals surface area (Å²) in [7, 11) is 0. The number of nitriles is 1. The SMILES string of the molecule is N#Cc1ccc(C(O)CC(F)(C(F)(F)F)C(F)(F)F)cc1. The van der Waals surface area contributed by atoms with Gasteiger partial charge in [0.25, 0.3) is 0 Å². The van der Waals surface area contributed by atoms with Crippen molar-refractivity contribution >= 4 is 0 Å². The lowest BCUT2D eigenvalue weighted by Crippen LogP contribution is -2.54. The minimum Gasteiger partial charge on any atom is -0.388 e. The van der Waals surface area contributed by atoms with Gasteiger partial charge in [-0.1, -0.05) is 12.1 Å². The molecule has 1 aromatic rings. The molecule has 0 amide bonds. The molecule has 116 valence electrons. The van der Waals surface area contributed by atoms with Crippen LogP contribution in [0, 0.1) is 11.3 Å². The number of rotatable bonds is 3. The van der Waals surface area contributed by atoms with Crippen LogP contribution in [0.3, 0.4) is 0 Å². The highest BCUT2D eigenvalue weighted by atomic mass is 19.4. The van der Waals surface area contributed by atoms with Gasteiger partial charge in [0.15, 0.2) is 0 Å². The third-order valence-electron chi connectivity index (χ3n) is 2.80. The molecule has 2 nitrogen and oxygen atoms in total. The highest BCUT2D eigenvalue weighted by Crippen LogP contribution is 2.50. The standard InChI is InChI=1S/C12H8F7NO/c13-10(11(14,15)16,12(17,18)19)5-9(21)8-3-1-7(6-20)2-4-8/h1-4,9,21H,5H2. The first-order valence-corrected chi connectivity index (χ1v) is 5.43. The van der Waals surface area contributed by atoms with Gasteiger partial charge in [-0.15, -0.1) is 0 Å². The number of nitrogens with zero attached hydrogens (tertiary/aromatic N) is 1. The van der Waals surface area contributed by atoms with E-state index >= 15 is 0 Å². The Kier molecular flexibility index (Phi) is 4.53. The van der Waals surface area contributed by atoms with Crippen LogP contribution in [0.5, 0.6) is 0 Å². The fourth-order valence-electron chi connectivity index (χ4n) is 1.56. The van der Waals surface area contributed by atoms with E-state index in [1.165, 1.54) is 0 Å². The third kappa shape index (κ3) is 3.44. The Morgan fingerprint density at radius 3 is 1.71 bits per heavy atom. The fraction of sp³-hybridized carbons (Fsp3) is 0.417. The number of benzene rings is 1. The number of halogens is 7. The van der Waals surface area contributed by atoms with Crippen molar-refractivity contribution < 1.29 is 35.8 Å². The minimum atomic E-state index is -6.21. The second-order valence-corrected chi connectivity index (χ2v) is 4.25. The molecule has 0 spiro atoms. The average molecular weight is 315 g/mol. The van der Waals surface area contributed by atoms with Gasteiger partial charge in [0.1, 0.15) is 0 Å². The van der Waals surface area contributed by atoms with E-state index in [-0.39, 0.29) is 11.1 Å². The molecule has 1 atom stereocenters. The zero-order chi connectivity index (χ0) is 16.5. The lowest BCUT2D eigenvalue weighted by molar-refractivity contribution is -0.347. The Hall–Kier alpha value is -1.82. The van der Waals surface area contributed by atoms with Gasteiger partial charge in [0, 0.05) is 6.42 Å². The second kappa shape index (κ2) is 5.52. The summed E-state index contributed by atoms with van der Waals surface area (Å²) in [6, 6.07) is 5.75. The molecule has 1 rings (SSSR count). The lowest BCUT2D eigenvalue weighted by atomic mass is 9.92. The van der Waals surface area contributed by atoms with Crippen molar-refractivity contribution in [3.05, 3.63) is 35.4 Å². The molecule has 9 heteroatoms. The number of hydrogen-bond donors (Lipinski definition) is 1. The van der Waals surface area contributed by atoms with Crippen LogP contribution in [0.25, 0.3) is 0 Å². The lowest BCUT2D eigenvalue weighted by Gasteiger charge is -2.31. The van der Waals surface area contributed by atoms with Crippen LogP contribution in [0.15, 0.2) is 24.3 Å². The number of hydrogen-bond acceptors (Lipinski definition) is 2. The quantitative estimate of drug-likeness (QED) is 0.862. The summed E-state index contributed by atoms with van der Waals surface area (Å²) in [5, 5.41) is 17.9. The maximum absolute atomic E-state index is 13.4. The Morgan fingerprint density at radius 2 is 1.38 bits per heavy atom. The summed E-state index contributed by atoms with van der Waals surface area (Å²) >= 11 is 0. The first kappa shape index (κ1) is 17.2. The molecule has 0 bridgehead atoms. The molecule has 1 unspecified atom stereocenters. The maximum atomic E-state index is 13.4. The van der Waals surface area contributed by atoms with E-state index in [0.717, 1.165) is 24.3 Å². The van der Waals surface area contributed by atoms with Crippen LogP contribution in [0.4, 0.5) is 30.7 Å². The Balaban J connectivity index is 3.07. The van der Waals surface area contributed by atoms with Crippen LogP contribution in [0.2, 0.25) is 0 Å². The smallest absolute Gasteiger partial charge is 0.388 e. The molecule has 0 saturated heterocycles. The predicted molar refractivity (Wildman–Crippen MR) is 56.7 cm³/mol. The van der Waals surface area contributed by atoms with Gasteiger partial charge in [0.2, 0.25) is 0 Å². The molecule has 0 fully saturated rings.